The molecule has 5 rings (SSSR count). The van der Waals surface area contributed by atoms with Crippen molar-refractivity contribution < 1.29 is 24.1 Å². The van der Waals surface area contributed by atoms with Gasteiger partial charge < -0.3 is 24.6 Å². The Kier molecular flexibility index (Phi) is 11.5. The SMILES string of the molecule is C=CCOC(=O)NCc1ccc([C@@H]2O[C@H](CN(Cc3ccccc3)Cc3ccccc3)[C@H](C)[C@H](c3ccc(CO)cc3)O2)cc1. The molecule has 0 saturated carbocycles. The van der Waals surface area contributed by atoms with Crippen LogP contribution in [0.4, 0.5) is 4.79 Å². The Hall–Kier alpha value is -4.27. The molecule has 7 nitrogen and oxygen atoms in total. The standard InChI is InChI=1S/C38H42N2O5/c1-3-22-43-38(42)39-23-29-14-20-34(21-15-29)37-44-35(28(2)36(45-37)33-18-16-32(27-41)17-19-33)26-40(24-30-10-6-4-7-11-30)25-31-12-8-5-9-13-31/h3-21,28,35-37,41H,1,22-27H2,2H3,(H,39,42)/t28-,35+,36+,37+/m0/s1. The van der Waals surface area contributed by atoms with Gasteiger partial charge in [0, 0.05) is 37.7 Å². The molecule has 4 aromatic carbocycles. The summed E-state index contributed by atoms with van der Waals surface area (Å²) in [6.45, 7) is 8.55. The summed E-state index contributed by atoms with van der Waals surface area (Å²) in [7, 11) is 0. The molecule has 4 atom stereocenters. The zero-order valence-electron chi connectivity index (χ0n) is 25.8. The van der Waals surface area contributed by atoms with E-state index < -0.39 is 12.4 Å². The molecule has 1 heterocycles. The number of hydrogen-bond donors (Lipinski definition) is 2. The van der Waals surface area contributed by atoms with Crippen molar-refractivity contribution in [2.24, 2.45) is 5.92 Å². The molecule has 2 N–H and O–H groups in total. The molecule has 7 heteroatoms. The summed E-state index contributed by atoms with van der Waals surface area (Å²) >= 11 is 0. The monoisotopic (exact) mass is 606 g/mol. The Labute approximate surface area is 266 Å². The lowest BCUT2D eigenvalue weighted by Crippen LogP contribution is -2.44. The van der Waals surface area contributed by atoms with Gasteiger partial charge in [-0.25, -0.2) is 4.79 Å². The van der Waals surface area contributed by atoms with Crippen LogP contribution in [0.3, 0.4) is 0 Å². The van der Waals surface area contributed by atoms with Gasteiger partial charge in [-0.1, -0.05) is 129 Å². The second-order valence-electron chi connectivity index (χ2n) is 11.4. The first-order valence-corrected chi connectivity index (χ1v) is 15.4. The Morgan fingerprint density at radius 2 is 1.40 bits per heavy atom. The Morgan fingerprint density at radius 3 is 1.98 bits per heavy atom. The van der Waals surface area contributed by atoms with Gasteiger partial charge >= 0.3 is 6.09 Å². The van der Waals surface area contributed by atoms with Crippen molar-refractivity contribution >= 4 is 6.09 Å². The van der Waals surface area contributed by atoms with Crippen molar-refractivity contribution in [3.8, 4) is 0 Å². The number of nitrogens with zero attached hydrogens (tertiary/aromatic N) is 1. The van der Waals surface area contributed by atoms with Crippen LogP contribution < -0.4 is 5.32 Å². The zero-order valence-corrected chi connectivity index (χ0v) is 25.8. The highest BCUT2D eigenvalue weighted by Crippen LogP contribution is 2.42. The van der Waals surface area contributed by atoms with Gasteiger partial charge in [0.1, 0.15) is 6.61 Å². The zero-order chi connectivity index (χ0) is 31.4. The fraction of sp³-hybridized carbons (Fsp3) is 0.289. The van der Waals surface area contributed by atoms with E-state index in [-0.39, 0.29) is 31.3 Å². The quantitative estimate of drug-likeness (QED) is 0.158. The number of aliphatic hydroxyl groups is 1. The number of carbonyl (C=O) groups is 1. The first kappa shape index (κ1) is 32.1. The molecule has 1 fully saturated rings. The van der Waals surface area contributed by atoms with E-state index in [4.69, 9.17) is 14.2 Å². The molecule has 0 spiro atoms. The average Bonchev–Trinajstić information content (AvgIpc) is 3.08. The highest BCUT2D eigenvalue weighted by atomic mass is 16.7. The van der Waals surface area contributed by atoms with Crippen LogP contribution in [0.15, 0.2) is 122 Å². The molecule has 0 bridgehead atoms. The summed E-state index contributed by atoms with van der Waals surface area (Å²) in [6.07, 6.45) is 0.130. The maximum atomic E-state index is 11.8. The minimum atomic E-state index is -0.580. The molecule has 45 heavy (non-hydrogen) atoms. The van der Waals surface area contributed by atoms with Crippen LogP contribution >= 0.6 is 0 Å². The van der Waals surface area contributed by atoms with Crippen molar-refractivity contribution in [3.05, 3.63) is 155 Å². The Morgan fingerprint density at radius 1 is 0.822 bits per heavy atom. The number of hydrogen-bond acceptors (Lipinski definition) is 6. The Balaban J connectivity index is 1.37. The molecular formula is C38H42N2O5. The van der Waals surface area contributed by atoms with Crippen LogP contribution in [0.2, 0.25) is 0 Å². The average molecular weight is 607 g/mol. The minimum absolute atomic E-state index is 0.00314. The highest BCUT2D eigenvalue weighted by molar-refractivity contribution is 5.67. The topological polar surface area (TPSA) is 80.3 Å². The van der Waals surface area contributed by atoms with E-state index in [1.54, 1.807) is 0 Å². The van der Waals surface area contributed by atoms with E-state index in [0.29, 0.717) is 13.1 Å². The van der Waals surface area contributed by atoms with Crippen LogP contribution in [0.5, 0.6) is 0 Å². The number of rotatable bonds is 13. The second kappa shape index (κ2) is 16.2. The normalized spacial score (nSPS) is 19.6. The molecule has 0 radical (unpaired) electrons. The lowest BCUT2D eigenvalue weighted by molar-refractivity contribution is -0.276. The summed E-state index contributed by atoms with van der Waals surface area (Å²) < 4.78 is 18.4. The van der Waals surface area contributed by atoms with E-state index in [2.05, 4.69) is 72.3 Å². The van der Waals surface area contributed by atoms with Crippen LogP contribution in [0, 0.1) is 5.92 Å². The fourth-order valence-electron chi connectivity index (χ4n) is 5.60. The number of alkyl carbamates (subject to hydrolysis) is 1. The van der Waals surface area contributed by atoms with Crippen LogP contribution in [-0.2, 0) is 40.5 Å². The maximum Gasteiger partial charge on any atom is 0.407 e. The van der Waals surface area contributed by atoms with Crippen molar-refractivity contribution in [2.45, 2.75) is 51.7 Å². The summed E-state index contributed by atoms with van der Waals surface area (Å²) in [5.41, 5.74) is 6.25. The van der Waals surface area contributed by atoms with Crippen molar-refractivity contribution in [1.82, 2.24) is 10.2 Å². The van der Waals surface area contributed by atoms with E-state index in [9.17, 15) is 9.90 Å². The minimum Gasteiger partial charge on any atom is -0.445 e. The Bertz CT molecular complexity index is 1440. The highest BCUT2D eigenvalue weighted by Gasteiger charge is 2.39. The first-order valence-electron chi connectivity index (χ1n) is 15.4. The third kappa shape index (κ3) is 9.12. The van der Waals surface area contributed by atoms with Crippen LogP contribution in [0.25, 0.3) is 0 Å². The third-order valence-corrected chi connectivity index (χ3v) is 8.08. The van der Waals surface area contributed by atoms with E-state index >= 15 is 0 Å². The molecule has 4 aromatic rings. The second-order valence-corrected chi connectivity index (χ2v) is 11.4. The van der Waals surface area contributed by atoms with Gasteiger partial charge in [-0.15, -0.1) is 0 Å². The number of nitrogens with one attached hydrogen (secondary N) is 1. The largest absolute Gasteiger partial charge is 0.445 e. The maximum absolute atomic E-state index is 11.8. The summed E-state index contributed by atoms with van der Waals surface area (Å²) in [4.78, 5) is 14.3. The number of carbonyl (C=O) groups excluding carboxylic acids is 1. The molecule has 1 aliphatic heterocycles. The molecule has 234 valence electrons. The number of aliphatic hydroxyl groups excluding tert-OH is 1. The van der Waals surface area contributed by atoms with Crippen molar-refractivity contribution in [1.29, 1.82) is 0 Å². The van der Waals surface area contributed by atoms with Crippen molar-refractivity contribution in [2.75, 3.05) is 13.2 Å². The number of amides is 1. The predicted octanol–water partition coefficient (Wildman–Crippen LogP) is 7.08. The molecule has 0 aliphatic carbocycles. The van der Waals surface area contributed by atoms with Gasteiger partial charge in [-0.05, 0) is 27.8 Å². The summed E-state index contributed by atoms with van der Waals surface area (Å²) in [5.74, 6) is 0.0559. The van der Waals surface area contributed by atoms with E-state index in [0.717, 1.165) is 35.3 Å². The van der Waals surface area contributed by atoms with Crippen molar-refractivity contribution in [3.63, 3.8) is 0 Å². The van der Waals surface area contributed by atoms with Gasteiger partial charge in [-0.2, -0.15) is 0 Å². The smallest absolute Gasteiger partial charge is 0.407 e. The first-order chi connectivity index (χ1) is 22.0. The van der Waals surface area contributed by atoms with Gasteiger partial charge in [0.25, 0.3) is 0 Å². The fourth-order valence-corrected chi connectivity index (χ4v) is 5.60. The molecular weight excluding hydrogens is 564 g/mol. The molecule has 0 aromatic heterocycles. The molecule has 1 amide bonds. The molecule has 1 aliphatic rings. The number of benzene rings is 4. The van der Waals surface area contributed by atoms with Crippen LogP contribution in [-0.4, -0.2) is 35.4 Å². The lowest BCUT2D eigenvalue weighted by atomic mass is 9.89. The van der Waals surface area contributed by atoms with E-state index in [1.807, 2.05) is 60.7 Å². The van der Waals surface area contributed by atoms with E-state index in [1.165, 1.54) is 17.2 Å². The predicted molar refractivity (Wildman–Crippen MR) is 175 cm³/mol. The van der Waals surface area contributed by atoms with Gasteiger partial charge in [0.2, 0.25) is 0 Å². The van der Waals surface area contributed by atoms with Gasteiger partial charge in [0.15, 0.2) is 6.29 Å². The molecule has 1 saturated heterocycles. The summed E-state index contributed by atoms with van der Waals surface area (Å²) in [6, 6.07) is 36.9. The number of ether oxygens (including phenoxy) is 3. The van der Waals surface area contributed by atoms with Gasteiger partial charge in [-0.3, -0.25) is 4.90 Å². The van der Waals surface area contributed by atoms with Gasteiger partial charge in [0.05, 0.1) is 18.8 Å². The van der Waals surface area contributed by atoms with Crippen LogP contribution in [0.1, 0.15) is 52.7 Å². The molecule has 0 unspecified atom stereocenters. The summed E-state index contributed by atoms with van der Waals surface area (Å²) in [5, 5.41) is 12.4. The lowest BCUT2D eigenvalue weighted by Gasteiger charge is -2.43. The third-order valence-electron chi connectivity index (χ3n) is 8.08.